The number of nitrogens with two attached hydrogens (primary N) is 1. The van der Waals surface area contributed by atoms with Gasteiger partial charge in [0.25, 0.3) is 0 Å². The fourth-order valence-electron chi connectivity index (χ4n) is 2.49. The summed E-state index contributed by atoms with van der Waals surface area (Å²) < 4.78 is 0. The maximum absolute atomic E-state index is 6.49. The molecule has 0 spiro atoms. The number of hydrogen-bond donors (Lipinski definition) is 3. The molecule has 2 aliphatic rings. The molecule has 4 rings (SSSR count). The van der Waals surface area contributed by atoms with Gasteiger partial charge in [0.05, 0.1) is 0 Å². The lowest BCUT2D eigenvalue weighted by Gasteiger charge is -2.30. The largest absolute Gasteiger partial charge is 0.344 e. The van der Waals surface area contributed by atoms with E-state index in [1.165, 1.54) is 6.34 Å². The molecule has 0 saturated heterocycles. The Morgan fingerprint density at radius 3 is 2.25 bits per heavy atom. The molecule has 1 unspecified atom stereocenters. The first-order valence-electron chi connectivity index (χ1n) is 7.47. The van der Waals surface area contributed by atoms with E-state index in [0.29, 0.717) is 17.5 Å². The molecular weight excluding hydrogens is 302 g/mol. The van der Waals surface area contributed by atoms with E-state index in [-0.39, 0.29) is 0 Å². The third kappa shape index (κ3) is 2.68. The molecule has 0 fully saturated rings. The highest BCUT2D eigenvalue weighted by Crippen LogP contribution is 2.21. The van der Waals surface area contributed by atoms with Crippen molar-refractivity contribution in [3.63, 3.8) is 0 Å². The van der Waals surface area contributed by atoms with Crippen LogP contribution in [0.4, 0.5) is 11.4 Å². The molecule has 2 aromatic rings. The first-order chi connectivity index (χ1) is 11.7. The van der Waals surface area contributed by atoms with Gasteiger partial charge < -0.3 is 10.6 Å². The summed E-state index contributed by atoms with van der Waals surface area (Å²) in [5, 5.41) is 6.35. The summed E-state index contributed by atoms with van der Waals surface area (Å²) in [6.45, 7) is 0. The highest BCUT2D eigenvalue weighted by Gasteiger charge is 2.40. The summed E-state index contributed by atoms with van der Waals surface area (Å²) in [5.41, 5.74) is 8.68. The van der Waals surface area contributed by atoms with Crippen molar-refractivity contribution in [1.82, 2.24) is 0 Å². The van der Waals surface area contributed by atoms with Gasteiger partial charge in [0.1, 0.15) is 6.34 Å². The fourth-order valence-corrected chi connectivity index (χ4v) is 2.49. The molecule has 0 aromatic heterocycles. The molecule has 0 saturated carbocycles. The second-order valence-corrected chi connectivity index (χ2v) is 5.34. The molecule has 2 heterocycles. The number of nitrogens with one attached hydrogen (secondary N) is 2. The number of benzene rings is 2. The van der Waals surface area contributed by atoms with Gasteiger partial charge in [-0.2, -0.15) is 4.99 Å². The van der Waals surface area contributed by atoms with Gasteiger partial charge in [0.2, 0.25) is 11.7 Å². The predicted octanol–water partition coefficient (Wildman–Crippen LogP) is 2.07. The average molecular weight is 317 g/mol. The summed E-state index contributed by atoms with van der Waals surface area (Å²) in [7, 11) is 0. The van der Waals surface area contributed by atoms with Crippen molar-refractivity contribution in [2.45, 2.75) is 5.79 Å². The molecule has 2 aliphatic heterocycles. The monoisotopic (exact) mass is 317 g/mol. The second kappa shape index (κ2) is 5.71. The zero-order valence-electron chi connectivity index (χ0n) is 12.7. The Bertz CT molecular complexity index is 868. The van der Waals surface area contributed by atoms with E-state index in [1.54, 1.807) is 0 Å². The molecule has 24 heavy (non-hydrogen) atoms. The molecule has 0 bridgehead atoms. The number of hydrogen-bond acceptors (Lipinski definition) is 7. The second-order valence-electron chi connectivity index (χ2n) is 5.34. The quantitative estimate of drug-likeness (QED) is 0.756. The number of fused-ring (bicyclic) bond motifs is 1. The number of amidine groups is 1. The van der Waals surface area contributed by atoms with Crippen LogP contribution in [-0.2, 0) is 0 Å². The molecule has 7 heteroatoms. The summed E-state index contributed by atoms with van der Waals surface area (Å²) in [6.07, 6.45) is 1.43. The minimum atomic E-state index is -1.24. The lowest BCUT2D eigenvalue weighted by molar-refractivity contribution is 0.684. The van der Waals surface area contributed by atoms with E-state index in [1.807, 2.05) is 60.7 Å². The lowest BCUT2D eigenvalue weighted by Crippen LogP contribution is -2.57. The molecule has 118 valence electrons. The van der Waals surface area contributed by atoms with Gasteiger partial charge in [0.15, 0.2) is 11.5 Å². The Kier molecular flexibility index (Phi) is 3.40. The lowest BCUT2D eigenvalue weighted by atomic mass is 10.1. The number of guanidine groups is 1. The summed E-state index contributed by atoms with van der Waals surface area (Å²) in [4.78, 5) is 17.3. The van der Waals surface area contributed by atoms with Crippen LogP contribution in [0, 0.1) is 0 Å². The summed E-state index contributed by atoms with van der Waals surface area (Å²) in [6, 6.07) is 19.2. The van der Waals surface area contributed by atoms with Crippen LogP contribution in [0.2, 0.25) is 0 Å². The van der Waals surface area contributed by atoms with Gasteiger partial charge in [-0.1, -0.05) is 36.4 Å². The number of aliphatic imine (C=N–C) groups is 4. The van der Waals surface area contributed by atoms with Crippen LogP contribution in [0.1, 0.15) is 0 Å². The van der Waals surface area contributed by atoms with Crippen LogP contribution in [0.3, 0.4) is 0 Å². The first-order valence-corrected chi connectivity index (χ1v) is 7.47. The van der Waals surface area contributed by atoms with Crippen LogP contribution in [0.15, 0.2) is 80.6 Å². The summed E-state index contributed by atoms with van der Waals surface area (Å²) >= 11 is 0. The predicted molar refractivity (Wildman–Crippen MR) is 97.8 cm³/mol. The minimum Gasteiger partial charge on any atom is -0.344 e. The standard InChI is InChI=1S/C17H15N7/c18-17(23-13-9-5-2-6-10-13)14-15(20-11-19-14)22-16(24-17)21-12-7-3-1-4-8-12/h1-11,23H,18H2,(H,21,24). The molecule has 4 N–H and O–H groups in total. The molecule has 0 aliphatic carbocycles. The van der Waals surface area contributed by atoms with E-state index in [0.717, 1.165) is 11.4 Å². The zero-order valence-corrected chi connectivity index (χ0v) is 12.7. The van der Waals surface area contributed by atoms with Gasteiger partial charge in [0, 0.05) is 11.4 Å². The zero-order chi connectivity index (χ0) is 16.4. The maximum atomic E-state index is 6.49. The average Bonchev–Trinajstić information content (AvgIpc) is 3.06. The molecule has 0 radical (unpaired) electrons. The molecule has 0 amide bonds. The highest BCUT2D eigenvalue weighted by atomic mass is 15.4. The van der Waals surface area contributed by atoms with E-state index in [2.05, 4.69) is 30.6 Å². The van der Waals surface area contributed by atoms with Crippen molar-refractivity contribution in [2.24, 2.45) is 25.7 Å². The van der Waals surface area contributed by atoms with Crippen molar-refractivity contribution in [1.29, 1.82) is 0 Å². The smallest absolute Gasteiger partial charge is 0.234 e. The molecule has 7 nitrogen and oxygen atoms in total. The number of anilines is 2. The first kappa shape index (κ1) is 14.3. The van der Waals surface area contributed by atoms with Crippen LogP contribution < -0.4 is 16.4 Å². The van der Waals surface area contributed by atoms with Gasteiger partial charge in [-0.05, 0) is 24.3 Å². The Labute approximate surface area is 138 Å². The number of para-hydroxylation sites is 2. The molecule has 2 aromatic carbocycles. The SMILES string of the molecule is NC1(Nc2ccccc2)N=C(Nc2ccccc2)N=C2N=CN=C21. The highest BCUT2D eigenvalue weighted by molar-refractivity contribution is 6.51. The summed E-state index contributed by atoms with van der Waals surface area (Å²) in [5.74, 6) is -0.416. The van der Waals surface area contributed by atoms with E-state index in [9.17, 15) is 0 Å². The Hall–Kier alpha value is -3.32. The van der Waals surface area contributed by atoms with Crippen LogP contribution >= 0.6 is 0 Å². The van der Waals surface area contributed by atoms with Crippen LogP contribution in [0.25, 0.3) is 0 Å². The Morgan fingerprint density at radius 1 is 0.875 bits per heavy atom. The van der Waals surface area contributed by atoms with Crippen molar-refractivity contribution < 1.29 is 0 Å². The number of nitrogens with zero attached hydrogens (tertiary/aromatic N) is 4. The van der Waals surface area contributed by atoms with E-state index >= 15 is 0 Å². The van der Waals surface area contributed by atoms with Gasteiger partial charge in [-0.25, -0.2) is 15.0 Å². The third-order valence-electron chi connectivity index (χ3n) is 3.57. The van der Waals surface area contributed by atoms with Crippen molar-refractivity contribution in [2.75, 3.05) is 10.6 Å². The molecular formula is C17H15N7. The van der Waals surface area contributed by atoms with Gasteiger partial charge in [-0.15, -0.1) is 0 Å². The van der Waals surface area contributed by atoms with Crippen LogP contribution in [-0.4, -0.2) is 29.6 Å². The Morgan fingerprint density at radius 2 is 1.54 bits per heavy atom. The van der Waals surface area contributed by atoms with Gasteiger partial charge >= 0.3 is 0 Å². The van der Waals surface area contributed by atoms with E-state index < -0.39 is 5.79 Å². The van der Waals surface area contributed by atoms with Crippen molar-refractivity contribution >= 4 is 35.2 Å². The van der Waals surface area contributed by atoms with Crippen molar-refractivity contribution in [3.8, 4) is 0 Å². The topological polar surface area (TPSA) is 99.5 Å². The molecule has 1 atom stereocenters. The minimum absolute atomic E-state index is 0.375. The third-order valence-corrected chi connectivity index (χ3v) is 3.57. The van der Waals surface area contributed by atoms with Crippen LogP contribution in [0.5, 0.6) is 0 Å². The van der Waals surface area contributed by atoms with E-state index in [4.69, 9.17) is 5.73 Å². The number of rotatable bonds is 3. The van der Waals surface area contributed by atoms with Gasteiger partial charge in [-0.3, -0.25) is 5.73 Å². The maximum Gasteiger partial charge on any atom is 0.234 e. The fraction of sp³-hybridized carbons (Fsp3) is 0.0588. The Balaban J connectivity index is 1.68. The normalized spacial score (nSPS) is 21.5. The van der Waals surface area contributed by atoms with Crippen molar-refractivity contribution in [3.05, 3.63) is 60.7 Å².